The SMILES string of the molecule is Cc1c2c(nc3ccccc13)C(O)CCC2. The third-order valence-corrected chi connectivity index (χ3v) is 3.53. The molecule has 16 heavy (non-hydrogen) atoms. The third kappa shape index (κ3) is 1.34. The highest BCUT2D eigenvalue weighted by atomic mass is 16.3. The highest BCUT2D eigenvalue weighted by molar-refractivity contribution is 5.83. The van der Waals surface area contributed by atoms with Crippen molar-refractivity contribution in [2.24, 2.45) is 0 Å². The van der Waals surface area contributed by atoms with Gasteiger partial charge in [-0.05, 0) is 43.4 Å². The average molecular weight is 213 g/mol. The van der Waals surface area contributed by atoms with Gasteiger partial charge in [-0.25, -0.2) is 4.98 Å². The number of fused-ring (bicyclic) bond motifs is 2. The van der Waals surface area contributed by atoms with Crippen molar-refractivity contribution in [3.05, 3.63) is 41.1 Å². The van der Waals surface area contributed by atoms with Crippen molar-refractivity contribution in [2.45, 2.75) is 32.3 Å². The minimum Gasteiger partial charge on any atom is -0.387 e. The van der Waals surface area contributed by atoms with Crippen LogP contribution in [-0.4, -0.2) is 10.1 Å². The molecule has 0 amide bonds. The second-order valence-electron chi connectivity index (χ2n) is 4.53. The van der Waals surface area contributed by atoms with Crippen molar-refractivity contribution < 1.29 is 5.11 Å². The van der Waals surface area contributed by atoms with Crippen LogP contribution in [0.1, 0.15) is 35.8 Å². The Morgan fingerprint density at radius 2 is 2.12 bits per heavy atom. The maximum Gasteiger partial charge on any atom is 0.0963 e. The number of aliphatic hydroxyl groups excluding tert-OH is 1. The van der Waals surface area contributed by atoms with Gasteiger partial charge in [-0.3, -0.25) is 0 Å². The number of para-hydroxylation sites is 1. The third-order valence-electron chi connectivity index (χ3n) is 3.53. The highest BCUT2D eigenvalue weighted by Crippen LogP contribution is 2.33. The Labute approximate surface area is 94.9 Å². The van der Waals surface area contributed by atoms with E-state index in [1.54, 1.807) is 0 Å². The van der Waals surface area contributed by atoms with Crippen molar-refractivity contribution in [1.29, 1.82) is 0 Å². The van der Waals surface area contributed by atoms with E-state index in [2.05, 4.69) is 18.0 Å². The topological polar surface area (TPSA) is 33.1 Å². The van der Waals surface area contributed by atoms with Gasteiger partial charge in [0.05, 0.1) is 17.3 Å². The number of hydrogen-bond donors (Lipinski definition) is 1. The molecule has 0 fully saturated rings. The van der Waals surface area contributed by atoms with Crippen molar-refractivity contribution in [3.63, 3.8) is 0 Å². The summed E-state index contributed by atoms with van der Waals surface area (Å²) in [5.74, 6) is 0. The summed E-state index contributed by atoms with van der Waals surface area (Å²) in [4.78, 5) is 4.61. The van der Waals surface area contributed by atoms with E-state index >= 15 is 0 Å². The molecule has 0 aliphatic heterocycles. The first-order chi connectivity index (χ1) is 7.77. The summed E-state index contributed by atoms with van der Waals surface area (Å²) < 4.78 is 0. The lowest BCUT2D eigenvalue weighted by molar-refractivity contribution is 0.152. The van der Waals surface area contributed by atoms with Gasteiger partial charge in [-0.2, -0.15) is 0 Å². The van der Waals surface area contributed by atoms with Crippen LogP contribution in [-0.2, 0) is 6.42 Å². The van der Waals surface area contributed by atoms with Gasteiger partial charge in [0, 0.05) is 5.39 Å². The standard InChI is InChI=1S/C14H15NO/c1-9-10-5-2-3-7-12(10)15-14-11(9)6-4-8-13(14)16/h2-3,5,7,13,16H,4,6,8H2,1H3. The minimum atomic E-state index is -0.368. The van der Waals surface area contributed by atoms with E-state index in [-0.39, 0.29) is 6.10 Å². The van der Waals surface area contributed by atoms with E-state index in [1.807, 2.05) is 18.2 Å². The summed E-state index contributed by atoms with van der Waals surface area (Å²) in [6.07, 6.45) is 2.59. The Kier molecular flexibility index (Phi) is 2.18. The van der Waals surface area contributed by atoms with Crippen LogP contribution in [0.2, 0.25) is 0 Å². The zero-order valence-corrected chi connectivity index (χ0v) is 9.40. The fourth-order valence-corrected chi connectivity index (χ4v) is 2.64. The molecule has 2 heteroatoms. The van der Waals surface area contributed by atoms with Crippen LogP contribution in [0.25, 0.3) is 10.9 Å². The molecule has 0 saturated heterocycles. The lowest BCUT2D eigenvalue weighted by Gasteiger charge is -2.23. The molecule has 0 bridgehead atoms. The summed E-state index contributed by atoms with van der Waals surface area (Å²) in [5, 5.41) is 11.2. The average Bonchev–Trinajstić information content (AvgIpc) is 2.31. The fraction of sp³-hybridized carbons (Fsp3) is 0.357. The predicted molar refractivity (Wildman–Crippen MR) is 64.4 cm³/mol. The number of aliphatic hydroxyl groups is 1. The molecule has 3 rings (SSSR count). The zero-order valence-electron chi connectivity index (χ0n) is 9.40. The Morgan fingerprint density at radius 3 is 3.00 bits per heavy atom. The molecule has 1 aromatic carbocycles. The number of hydrogen-bond acceptors (Lipinski definition) is 2. The van der Waals surface area contributed by atoms with Gasteiger partial charge in [0.25, 0.3) is 0 Å². The molecule has 0 spiro atoms. The second kappa shape index (κ2) is 3.56. The molecule has 1 aromatic heterocycles. The molecule has 1 heterocycles. The van der Waals surface area contributed by atoms with E-state index in [4.69, 9.17) is 0 Å². The summed E-state index contributed by atoms with van der Waals surface area (Å²) in [5.41, 5.74) is 4.46. The van der Waals surface area contributed by atoms with Gasteiger partial charge in [0.15, 0.2) is 0 Å². The fourth-order valence-electron chi connectivity index (χ4n) is 2.64. The lowest BCUT2D eigenvalue weighted by atomic mass is 9.89. The van der Waals surface area contributed by atoms with E-state index in [0.29, 0.717) is 0 Å². The molecule has 2 nitrogen and oxygen atoms in total. The summed E-state index contributed by atoms with van der Waals surface area (Å²) in [7, 11) is 0. The Balaban J connectivity index is 2.36. The minimum absolute atomic E-state index is 0.368. The first-order valence-corrected chi connectivity index (χ1v) is 5.83. The predicted octanol–water partition coefficient (Wildman–Crippen LogP) is 2.91. The summed E-state index contributed by atoms with van der Waals surface area (Å²) >= 11 is 0. The molecule has 0 radical (unpaired) electrons. The van der Waals surface area contributed by atoms with Crippen LogP contribution in [0.15, 0.2) is 24.3 Å². The molecule has 1 aliphatic carbocycles. The maximum absolute atomic E-state index is 9.98. The lowest BCUT2D eigenvalue weighted by Crippen LogP contribution is -2.13. The first-order valence-electron chi connectivity index (χ1n) is 5.83. The van der Waals surface area contributed by atoms with Gasteiger partial charge in [-0.1, -0.05) is 18.2 Å². The monoisotopic (exact) mass is 213 g/mol. The molecule has 82 valence electrons. The molecule has 1 unspecified atom stereocenters. The van der Waals surface area contributed by atoms with Crippen molar-refractivity contribution in [2.75, 3.05) is 0 Å². The largest absolute Gasteiger partial charge is 0.387 e. The van der Waals surface area contributed by atoms with Gasteiger partial charge in [-0.15, -0.1) is 0 Å². The van der Waals surface area contributed by atoms with E-state index in [1.165, 1.54) is 16.5 Å². The molecular weight excluding hydrogens is 198 g/mol. The van der Waals surface area contributed by atoms with Gasteiger partial charge in [0.1, 0.15) is 0 Å². The number of pyridine rings is 1. The summed E-state index contributed by atoms with van der Waals surface area (Å²) in [6, 6.07) is 8.17. The van der Waals surface area contributed by atoms with Crippen LogP contribution in [0.4, 0.5) is 0 Å². The number of nitrogens with zero attached hydrogens (tertiary/aromatic N) is 1. The zero-order chi connectivity index (χ0) is 11.1. The Morgan fingerprint density at radius 1 is 1.31 bits per heavy atom. The Hall–Kier alpha value is -1.41. The normalized spacial score (nSPS) is 19.8. The van der Waals surface area contributed by atoms with Crippen LogP contribution < -0.4 is 0 Å². The Bertz CT molecular complexity index is 548. The molecule has 1 atom stereocenters. The van der Waals surface area contributed by atoms with Crippen LogP contribution in [0.5, 0.6) is 0 Å². The van der Waals surface area contributed by atoms with E-state index in [9.17, 15) is 5.11 Å². The molecule has 1 aliphatic rings. The van der Waals surface area contributed by atoms with Gasteiger partial charge >= 0.3 is 0 Å². The van der Waals surface area contributed by atoms with Crippen molar-refractivity contribution in [1.82, 2.24) is 4.98 Å². The number of aromatic nitrogens is 1. The number of rotatable bonds is 0. The molecule has 0 saturated carbocycles. The molecule has 1 N–H and O–H groups in total. The van der Waals surface area contributed by atoms with Gasteiger partial charge in [0.2, 0.25) is 0 Å². The van der Waals surface area contributed by atoms with E-state index in [0.717, 1.165) is 30.5 Å². The number of aryl methyl sites for hydroxylation is 1. The number of benzene rings is 1. The van der Waals surface area contributed by atoms with Crippen molar-refractivity contribution >= 4 is 10.9 Å². The smallest absolute Gasteiger partial charge is 0.0963 e. The molecular formula is C14H15NO. The van der Waals surface area contributed by atoms with E-state index < -0.39 is 0 Å². The van der Waals surface area contributed by atoms with Crippen LogP contribution >= 0.6 is 0 Å². The quantitative estimate of drug-likeness (QED) is 0.730. The first kappa shape index (κ1) is 9.79. The highest BCUT2D eigenvalue weighted by Gasteiger charge is 2.22. The van der Waals surface area contributed by atoms with Gasteiger partial charge < -0.3 is 5.11 Å². The van der Waals surface area contributed by atoms with Crippen LogP contribution in [0, 0.1) is 6.92 Å². The summed E-state index contributed by atoms with van der Waals surface area (Å²) in [6.45, 7) is 2.14. The maximum atomic E-state index is 9.98. The molecule has 2 aromatic rings. The second-order valence-corrected chi connectivity index (χ2v) is 4.53. The van der Waals surface area contributed by atoms with Crippen LogP contribution in [0.3, 0.4) is 0 Å². The van der Waals surface area contributed by atoms with Crippen molar-refractivity contribution in [3.8, 4) is 0 Å².